The van der Waals surface area contributed by atoms with Crippen LogP contribution < -0.4 is 0 Å². The summed E-state index contributed by atoms with van der Waals surface area (Å²) < 4.78 is 5.06. The minimum Gasteiger partial charge on any atom is -0.456 e. The molecule has 1 atom stereocenters. The molecule has 3 heteroatoms. The molecule has 0 amide bonds. The van der Waals surface area contributed by atoms with Crippen molar-refractivity contribution in [3.05, 3.63) is 12.2 Å². The van der Waals surface area contributed by atoms with Crippen LogP contribution in [0.15, 0.2) is 12.2 Å². The minimum absolute atomic E-state index is 0.312. The lowest BCUT2D eigenvalue weighted by Crippen LogP contribution is -2.24. The Labute approximate surface area is 92.1 Å². The zero-order chi connectivity index (χ0) is 11.9. The van der Waals surface area contributed by atoms with Gasteiger partial charge >= 0.3 is 5.97 Å². The molecule has 0 unspecified atom stereocenters. The van der Waals surface area contributed by atoms with Crippen molar-refractivity contribution in [1.29, 1.82) is 0 Å². The normalized spacial score (nSPS) is 14.2. The SMILES string of the molecule is CCCC[C@H](O)/C=C/C(C)(C)OC(C)=O. The molecular formula is C12H22O3. The number of hydrogen-bond acceptors (Lipinski definition) is 3. The van der Waals surface area contributed by atoms with Crippen LogP contribution in [0.5, 0.6) is 0 Å². The molecule has 0 aromatic carbocycles. The molecule has 1 N–H and O–H groups in total. The van der Waals surface area contributed by atoms with Gasteiger partial charge in [-0.15, -0.1) is 0 Å². The second-order valence-corrected chi connectivity index (χ2v) is 4.27. The first kappa shape index (κ1) is 14.2. The molecule has 0 spiro atoms. The van der Waals surface area contributed by atoms with E-state index in [-0.39, 0.29) is 5.97 Å². The van der Waals surface area contributed by atoms with Gasteiger partial charge in [-0.3, -0.25) is 4.79 Å². The molecule has 0 bridgehead atoms. The summed E-state index contributed by atoms with van der Waals surface area (Å²) in [4.78, 5) is 10.8. The van der Waals surface area contributed by atoms with Gasteiger partial charge in [0.25, 0.3) is 0 Å². The Morgan fingerprint density at radius 2 is 2.13 bits per heavy atom. The smallest absolute Gasteiger partial charge is 0.303 e. The number of esters is 1. The van der Waals surface area contributed by atoms with Crippen LogP contribution in [-0.2, 0) is 9.53 Å². The van der Waals surface area contributed by atoms with Crippen molar-refractivity contribution in [3.63, 3.8) is 0 Å². The summed E-state index contributed by atoms with van der Waals surface area (Å²) in [7, 11) is 0. The highest BCUT2D eigenvalue weighted by Crippen LogP contribution is 2.12. The molecule has 0 heterocycles. The molecule has 0 saturated carbocycles. The van der Waals surface area contributed by atoms with Crippen molar-refractivity contribution in [2.75, 3.05) is 0 Å². The van der Waals surface area contributed by atoms with Crippen molar-refractivity contribution in [2.24, 2.45) is 0 Å². The average Bonchev–Trinajstić information content (AvgIpc) is 2.09. The summed E-state index contributed by atoms with van der Waals surface area (Å²) in [5.41, 5.74) is -0.640. The molecule has 88 valence electrons. The molecule has 0 aliphatic carbocycles. The van der Waals surface area contributed by atoms with E-state index in [4.69, 9.17) is 4.74 Å². The van der Waals surface area contributed by atoms with Gasteiger partial charge < -0.3 is 9.84 Å². The predicted molar refractivity (Wildman–Crippen MR) is 60.5 cm³/mol. The van der Waals surface area contributed by atoms with E-state index < -0.39 is 11.7 Å². The first-order chi connectivity index (χ1) is 6.87. The van der Waals surface area contributed by atoms with Crippen molar-refractivity contribution in [2.45, 2.75) is 58.7 Å². The Morgan fingerprint density at radius 3 is 2.60 bits per heavy atom. The van der Waals surface area contributed by atoms with Crippen LogP contribution in [0, 0.1) is 0 Å². The maximum absolute atomic E-state index is 10.8. The predicted octanol–water partition coefficient (Wildman–Crippen LogP) is 2.44. The maximum atomic E-state index is 10.8. The molecule has 0 aliphatic rings. The van der Waals surface area contributed by atoms with Gasteiger partial charge in [0.15, 0.2) is 0 Å². The van der Waals surface area contributed by atoms with Crippen LogP contribution in [-0.4, -0.2) is 22.8 Å². The molecule has 0 aromatic heterocycles. The van der Waals surface area contributed by atoms with Gasteiger partial charge in [0, 0.05) is 6.92 Å². The van der Waals surface area contributed by atoms with Crippen molar-refractivity contribution in [3.8, 4) is 0 Å². The molecule has 0 rings (SSSR count). The molecule has 0 aliphatic heterocycles. The van der Waals surface area contributed by atoms with E-state index in [1.54, 1.807) is 26.0 Å². The highest BCUT2D eigenvalue weighted by molar-refractivity contribution is 5.66. The van der Waals surface area contributed by atoms with Gasteiger partial charge in [-0.1, -0.05) is 25.8 Å². The summed E-state index contributed by atoms with van der Waals surface area (Å²) in [5, 5.41) is 9.55. The number of hydrogen-bond donors (Lipinski definition) is 1. The Morgan fingerprint density at radius 1 is 1.53 bits per heavy atom. The highest BCUT2D eigenvalue weighted by Gasteiger charge is 2.17. The van der Waals surface area contributed by atoms with Crippen LogP contribution >= 0.6 is 0 Å². The summed E-state index contributed by atoms with van der Waals surface area (Å²) in [6, 6.07) is 0. The fraction of sp³-hybridized carbons (Fsp3) is 0.750. The Bertz CT molecular complexity index is 219. The number of ether oxygens (including phenoxy) is 1. The van der Waals surface area contributed by atoms with Gasteiger partial charge in [0.05, 0.1) is 6.10 Å². The summed E-state index contributed by atoms with van der Waals surface area (Å²) in [6.07, 6.45) is 5.80. The second-order valence-electron chi connectivity index (χ2n) is 4.27. The number of unbranched alkanes of at least 4 members (excludes halogenated alkanes) is 1. The monoisotopic (exact) mass is 214 g/mol. The van der Waals surface area contributed by atoms with Gasteiger partial charge in [-0.05, 0) is 26.3 Å². The lowest BCUT2D eigenvalue weighted by molar-refractivity contribution is -0.149. The number of aliphatic hydroxyl groups is 1. The average molecular weight is 214 g/mol. The number of rotatable bonds is 6. The van der Waals surface area contributed by atoms with Gasteiger partial charge in [0.1, 0.15) is 5.60 Å². The molecule has 3 nitrogen and oxygen atoms in total. The highest BCUT2D eigenvalue weighted by atomic mass is 16.6. The topological polar surface area (TPSA) is 46.5 Å². The first-order valence-electron chi connectivity index (χ1n) is 5.44. The van der Waals surface area contributed by atoms with Crippen LogP contribution in [0.25, 0.3) is 0 Å². The van der Waals surface area contributed by atoms with E-state index in [0.717, 1.165) is 19.3 Å². The Kier molecular flexibility index (Phi) is 6.25. The van der Waals surface area contributed by atoms with Crippen LogP contribution in [0.2, 0.25) is 0 Å². The summed E-state index contributed by atoms with van der Waals surface area (Å²) in [5.74, 6) is -0.312. The first-order valence-corrected chi connectivity index (χ1v) is 5.44. The standard InChI is InChI=1S/C12H22O3/c1-5-6-7-11(14)8-9-12(3,4)15-10(2)13/h8-9,11,14H,5-7H2,1-4H3/b9-8+/t11-/m0/s1. The van der Waals surface area contributed by atoms with E-state index in [0.29, 0.717) is 0 Å². The number of aliphatic hydroxyl groups excluding tert-OH is 1. The van der Waals surface area contributed by atoms with E-state index in [1.807, 2.05) is 0 Å². The second kappa shape index (κ2) is 6.62. The number of carbonyl (C=O) groups is 1. The third-order valence-corrected chi connectivity index (χ3v) is 1.98. The Hall–Kier alpha value is -0.830. The van der Waals surface area contributed by atoms with Crippen molar-refractivity contribution in [1.82, 2.24) is 0 Å². The Balaban J connectivity index is 4.06. The van der Waals surface area contributed by atoms with E-state index in [2.05, 4.69) is 6.92 Å². The molecule has 0 saturated heterocycles. The van der Waals surface area contributed by atoms with Crippen LogP contribution in [0.1, 0.15) is 47.0 Å². The zero-order valence-electron chi connectivity index (χ0n) is 10.1. The third-order valence-electron chi connectivity index (χ3n) is 1.98. The minimum atomic E-state index is -0.640. The maximum Gasteiger partial charge on any atom is 0.303 e. The molecular weight excluding hydrogens is 192 g/mol. The van der Waals surface area contributed by atoms with Gasteiger partial charge in [-0.25, -0.2) is 0 Å². The van der Waals surface area contributed by atoms with E-state index in [1.165, 1.54) is 6.92 Å². The molecule has 0 radical (unpaired) electrons. The van der Waals surface area contributed by atoms with Crippen molar-refractivity contribution < 1.29 is 14.6 Å². The molecule has 15 heavy (non-hydrogen) atoms. The summed E-state index contributed by atoms with van der Waals surface area (Å²) >= 11 is 0. The number of carbonyl (C=O) groups excluding carboxylic acids is 1. The van der Waals surface area contributed by atoms with Crippen LogP contribution in [0.3, 0.4) is 0 Å². The molecule has 0 aromatic rings. The van der Waals surface area contributed by atoms with Gasteiger partial charge in [-0.2, -0.15) is 0 Å². The lowest BCUT2D eigenvalue weighted by Gasteiger charge is -2.20. The van der Waals surface area contributed by atoms with Gasteiger partial charge in [0.2, 0.25) is 0 Å². The van der Waals surface area contributed by atoms with E-state index >= 15 is 0 Å². The third kappa shape index (κ3) is 8.18. The van der Waals surface area contributed by atoms with E-state index in [9.17, 15) is 9.90 Å². The fourth-order valence-electron chi connectivity index (χ4n) is 1.26. The quantitative estimate of drug-likeness (QED) is 0.545. The van der Waals surface area contributed by atoms with Crippen molar-refractivity contribution >= 4 is 5.97 Å². The molecule has 0 fully saturated rings. The zero-order valence-corrected chi connectivity index (χ0v) is 10.1. The summed E-state index contributed by atoms with van der Waals surface area (Å²) in [6.45, 7) is 7.04. The lowest BCUT2D eigenvalue weighted by atomic mass is 10.1. The fourth-order valence-corrected chi connectivity index (χ4v) is 1.26. The van der Waals surface area contributed by atoms with Crippen LogP contribution in [0.4, 0.5) is 0 Å². The largest absolute Gasteiger partial charge is 0.456 e.